The van der Waals surface area contributed by atoms with Gasteiger partial charge in [-0.05, 0) is 25.0 Å². The van der Waals surface area contributed by atoms with E-state index in [4.69, 9.17) is 4.42 Å². The molecule has 1 heterocycles. The fourth-order valence-corrected chi connectivity index (χ4v) is 3.46. The summed E-state index contributed by atoms with van der Waals surface area (Å²) >= 11 is 0. The number of hydrogen-bond acceptors (Lipinski definition) is 2. The lowest BCUT2D eigenvalue weighted by Gasteiger charge is -2.04. The second-order valence-corrected chi connectivity index (χ2v) is 7.62. The van der Waals surface area contributed by atoms with Crippen LogP contribution in [-0.4, -0.2) is 0 Å². The average molecular weight is 349 g/mol. The third kappa shape index (κ3) is 12.9. The highest BCUT2D eigenvalue weighted by molar-refractivity contribution is 5.11. The van der Waals surface area contributed by atoms with Gasteiger partial charge in [-0.15, -0.1) is 0 Å². The fourth-order valence-electron chi connectivity index (χ4n) is 3.46. The Bertz CT molecular complexity index is 475. The van der Waals surface area contributed by atoms with Crippen molar-refractivity contribution < 1.29 is 4.42 Å². The molecule has 0 aliphatic carbocycles. The lowest BCUT2D eigenvalue weighted by molar-refractivity contribution is 0.446. The first kappa shape index (κ1) is 22.0. The molecule has 25 heavy (non-hydrogen) atoms. The van der Waals surface area contributed by atoms with Gasteiger partial charge in [-0.25, -0.2) is 4.79 Å². The molecule has 0 aromatic carbocycles. The first-order valence-electron chi connectivity index (χ1n) is 10.8. The molecule has 0 radical (unpaired) electrons. The Morgan fingerprint density at radius 1 is 0.680 bits per heavy atom. The molecule has 0 N–H and O–H groups in total. The maximum atomic E-state index is 11.3. The molecule has 0 amide bonds. The highest BCUT2D eigenvalue weighted by Crippen LogP contribution is 2.14. The van der Waals surface area contributed by atoms with Gasteiger partial charge in [0.25, 0.3) is 0 Å². The van der Waals surface area contributed by atoms with Crippen LogP contribution in [0.3, 0.4) is 0 Å². The minimum Gasteiger partial charge on any atom is -0.428 e. The number of aryl methyl sites for hydroxylation is 2. The van der Waals surface area contributed by atoms with Crippen LogP contribution >= 0.6 is 0 Å². The van der Waals surface area contributed by atoms with Crippen LogP contribution in [0.15, 0.2) is 21.3 Å². The summed E-state index contributed by atoms with van der Waals surface area (Å²) in [5, 5.41) is 0. The molecule has 144 valence electrons. The summed E-state index contributed by atoms with van der Waals surface area (Å²) < 4.78 is 5.22. The van der Waals surface area contributed by atoms with Crippen LogP contribution in [0.2, 0.25) is 0 Å². The van der Waals surface area contributed by atoms with Crippen LogP contribution in [-0.2, 0) is 6.42 Å². The van der Waals surface area contributed by atoms with E-state index in [1.54, 1.807) is 6.07 Å². The first-order valence-corrected chi connectivity index (χ1v) is 10.8. The van der Waals surface area contributed by atoms with Crippen LogP contribution in [0.4, 0.5) is 0 Å². The van der Waals surface area contributed by atoms with Crippen molar-refractivity contribution in [1.29, 1.82) is 0 Å². The Labute approximate surface area is 155 Å². The molecule has 0 bridgehead atoms. The number of unbranched alkanes of at least 4 members (excludes halogenated alkanes) is 14. The standard InChI is InChI=1S/C23H40O2/c1-3-4-5-6-7-8-9-10-11-12-13-14-15-16-17-18-22-19-21(2)20-23(24)25-22/h19-20H,3-18H2,1-2H3. The van der Waals surface area contributed by atoms with E-state index in [9.17, 15) is 4.79 Å². The molecule has 2 heteroatoms. The van der Waals surface area contributed by atoms with Gasteiger partial charge in [0.15, 0.2) is 0 Å². The molecule has 0 aliphatic heterocycles. The van der Waals surface area contributed by atoms with Crippen LogP contribution in [0, 0.1) is 6.92 Å². The second-order valence-electron chi connectivity index (χ2n) is 7.62. The SMILES string of the molecule is CCCCCCCCCCCCCCCCCc1cc(C)cc(=O)o1. The third-order valence-corrected chi connectivity index (χ3v) is 4.99. The molecular formula is C23H40O2. The van der Waals surface area contributed by atoms with E-state index in [-0.39, 0.29) is 5.63 Å². The molecular weight excluding hydrogens is 308 g/mol. The van der Waals surface area contributed by atoms with Gasteiger partial charge in [-0.1, -0.05) is 96.8 Å². The lowest BCUT2D eigenvalue weighted by Crippen LogP contribution is -2.00. The van der Waals surface area contributed by atoms with Gasteiger partial charge in [0.2, 0.25) is 0 Å². The summed E-state index contributed by atoms with van der Waals surface area (Å²) in [4.78, 5) is 11.3. The van der Waals surface area contributed by atoms with Crippen LogP contribution in [0.1, 0.15) is 115 Å². The number of hydrogen-bond donors (Lipinski definition) is 0. The smallest absolute Gasteiger partial charge is 0.336 e. The minimum atomic E-state index is -0.212. The van der Waals surface area contributed by atoms with Crippen molar-refractivity contribution in [1.82, 2.24) is 0 Å². The highest BCUT2D eigenvalue weighted by Gasteiger charge is 1.99. The van der Waals surface area contributed by atoms with Gasteiger partial charge in [0.05, 0.1) is 0 Å². The zero-order valence-corrected chi connectivity index (χ0v) is 16.8. The maximum absolute atomic E-state index is 11.3. The molecule has 0 aliphatic rings. The van der Waals surface area contributed by atoms with Crippen molar-refractivity contribution in [3.8, 4) is 0 Å². The van der Waals surface area contributed by atoms with E-state index < -0.39 is 0 Å². The van der Waals surface area contributed by atoms with Crippen LogP contribution in [0.25, 0.3) is 0 Å². The molecule has 0 unspecified atom stereocenters. The van der Waals surface area contributed by atoms with E-state index in [0.29, 0.717) is 0 Å². The topological polar surface area (TPSA) is 30.2 Å². The zero-order chi connectivity index (χ0) is 18.2. The summed E-state index contributed by atoms with van der Waals surface area (Å²) in [6, 6.07) is 3.54. The summed E-state index contributed by atoms with van der Waals surface area (Å²) in [6.45, 7) is 4.23. The predicted molar refractivity (Wildman–Crippen MR) is 108 cm³/mol. The zero-order valence-electron chi connectivity index (χ0n) is 16.8. The van der Waals surface area contributed by atoms with Crippen molar-refractivity contribution in [3.05, 3.63) is 33.9 Å². The molecule has 1 rings (SSSR count). The Morgan fingerprint density at radius 3 is 1.56 bits per heavy atom. The molecule has 0 saturated heterocycles. The van der Waals surface area contributed by atoms with Crippen LogP contribution < -0.4 is 5.63 Å². The van der Waals surface area contributed by atoms with Gasteiger partial charge in [0.1, 0.15) is 5.76 Å². The number of rotatable bonds is 16. The van der Waals surface area contributed by atoms with Gasteiger partial charge < -0.3 is 4.42 Å². The van der Waals surface area contributed by atoms with Crippen LogP contribution in [0.5, 0.6) is 0 Å². The van der Waals surface area contributed by atoms with Gasteiger partial charge in [-0.3, -0.25) is 0 Å². The van der Waals surface area contributed by atoms with Crippen molar-refractivity contribution in [3.63, 3.8) is 0 Å². The molecule has 0 spiro atoms. The Kier molecular flexibility index (Phi) is 13.4. The quantitative estimate of drug-likeness (QED) is 0.292. The predicted octanol–water partition coefficient (Wildman–Crippen LogP) is 7.36. The van der Waals surface area contributed by atoms with E-state index in [1.165, 1.54) is 89.9 Å². The Balaban J connectivity index is 1.82. The molecule has 1 aromatic rings. The third-order valence-electron chi connectivity index (χ3n) is 4.99. The van der Waals surface area contributed by atoms with Crippen molar-refractivity contribution in [2.75, 3.05) is 0 Å². The summed E-state index contributed by atoms with van der Waals surface area (Å²) in [5.74, 6) is 0.847. The lowest BCUT2D eigenvalue weighted by atomic mass is 10.0. The van der Waals surface area contributed by atoms with Crippen molar-refractivity contribution in [2.45, 2.75) is 117 Å². The van der Waals surface area contributed by atoms with Gasteiger partial charge in [-0.2, -0.15) is 0 Å². The Morgan fingerprint density at radius 2 is 1.12 bits per heavy atom. The molecule has 1 aromatic heterocycles. The van der Waals surface area contributed by atoms with E-state index >= 15 is 0 Å². The minimum absolute atomic E-state index is 0.212. The molecule has 0 saturated carbocycles. The normalized spacial score (nSPS) is 11.1. The summed E-state index contributed by atoms with van der Waals surface area (Å²) in [5.41, 5.74) is 0.795. The molecule has 0 atom stereocenters. The maximum Gasteiger partial charge on any atom is 0.336 e. The largest absolute Gasteiger partial charge is 0.428 e. The molecule has 2 nitrogen and oxygen atoms in total. The van der Waals surface area contributed by atoms with E-state index in [1.807, 2.05) is 13.0 Å². The summed E-state index contributed by atoms with van der Waals surface area (Å²) in [6.07, 6.45) is 21.6. The Hall–Kier alpha value is -1.05. The second kappa shape index (κ2) is 15.2. The van der Waals surface area contributed by atoms with Crippen molar-refractivity contribution >= 4 is 0 Å². The highest BCUT2D eigenvalue weighted by atomic mass is 16.4. The molecule has 0 fully saturated rings. The fraction of sp³-hybridized carbons (Fsp3) is 0.783. The monoisotopic (exact) mass is 348 g/mol. The van der Waals surface area contributed by atoms with Gasteiger partial charge >= 0.3 is 5.63 Å². The van der Waals surface area contributed by atoms with Crippen molar-refractivity contribution in [2.24, 2.45) is 0 Å². The summed E-state index contributed by atoms with van der Waals surface area (Å²) in [7, 11) is 0. The van der Waals surface area contributed by atoms with E-state index in [0.717, 1.165) is 24.2 Å². The average Bonchev–Trinajstić information content (AvgIpc) is 2.57. The first-order chi connectivity index (χ1) is 12.2. The van der Waals surface area contributed by atoms with E-state index in [2.05, 4.69) is 6.92 Å². The van der Waals surface area contributed by atoms with Gasteiger partial charge in [0, 0.05) is 12.5 Å².